The Morgan fingerprint density at radius 2 is 2.00 bits per heavy atom. The number of carbonyl (C=O) groups excluding carboxylic acids is 3. The number of fused-ring (bicyclic) bond motifs is 1. The molecule has 1 atom stereocenters. The molecule has 0 saturated carbocycles. The Kier molecular flexibility index (Phi) is 3.34. The van der Waals surface area contributed by atoms with Gasteiger partial charge < -0.3 is 5.32 Å². The van der Waals surface area contributed by atoms with Crippen molar-refractivity contribution in [3.8, 4) is 0 Å². The lowest BCUT2D eigenvalue weighted by Crippen LogP contribution is -2.21. The molecule has 0 fully saturated rings. The van der Waals surface area contributed by atoms with Gasteiger partial charge in [-0.2, -0.15) is 0 Å². The molecule has 0 radical (unpaired) electrons. The van der Waals surface area contributed by atoms with Gasteiger partial charge in [0.05, 0.1) is 11.1 Å². The van der Waals surface area contributed by atoms with Gasteiger partial charge in [0.2, 0.25) is 5.91 Å². The van der Waals surface area contributed by atoms with Crippen molar-refractivity contribution in [1.82, 2.24) is 5.32 Å². The molecule has 3 amide bonds. The Morgan fingerprint density at radius 1 is 1.33 bits per heavy atom. The Labute approximate surface area is 109 Å². The van der Waals surface area contributed by atoms with Crippen LogP contribution in [0.5, 0.6) is 0 Å². The van der Waals surface area contributed by atoms with Crippen LogP contribution >= 0.6 is 11.6 Å². The molecular formula is C12H11ClN2O3. The van der Waals surface area contributed by atoms with E-state index in [4.69, 9.17) is 11.6 Å². The van der Waals surface area contributed by atoms with Gasteiger partial charge in [-0.1, -0.05) is 6.92 Å². The van der Waals surface area contributed by atoms with Gasteiger partial charge in [-0.25, -0.2) is 0 Å². The molecule has 1 aromatic carbocycles. The van der Waals surface area contributed by atoms with Crippen LogP contribution < -0.4 is 10.6 Å². The van der Waals surface area contributed by atoms with Crippen LogP contribution in [0.25, 0.3) is 0 Å². The monoisotopic (exact) mass is 266 g/mol. The van der Waals surface area contributed by atoms with Gasteiger partial charge in [0.25, 0.3) is 11.8 Å². The number of amides is 3. The zero-order valence-electron chi connectivity index (χ0n) is 9.62. The molecule has 1 unspecified atom stereocenters. The standard InChI is InChI=1S/C12H11ClN2O3/c1-6(5-13)10(16)14-7-2-3-8-9(4-7)12(18)15-11(8)17/h2-4,6H,5H2,1H3,(H,14,16)(H,15,17,18). The number of halogens is 1. The van der Waals surface area contributed by atoms with E-state index in [0.717, 1.165) is 0 Å². The summed E-state index contributed by atoms with van der Waals surface area (Å²) in [6.45, 7) is 1.70. The predicted octanol–water partition coefficient (Wildman–Crippen LogP) is 1.38. The highest BCUT2D eigenvalue weighted by atomic mass is 35.5. The average molecular weight is 267 g/mol. The third-order valence-electron chi connectivity index (χ3n) is 2.68. The Morgan fingerprint density at radius 3 is 2.67 bits per heavy atom. The SMILES string of the molecule is CC(CCl)C(=O)Nc1ccc2c(c1)C(=O)NC2=O. The molecule has 0 saturated heterocycles. The highest BCUT2D eigenvalue weighted by molar-refractivity contribution is 6.22. The van der Waals surface area contributed by atoms with Crippen molar-refractivity contribution in [2.75, 3.05) is 11.2 Å². The molecule has 18 heavy (non-hydrogen) atoms. The Bertz CT molecular complexity index is 542. The van der Waals surface area contributed by atoms with Crippen LogP contribution in [0.1, 0.15) is 27.6 Å². The lowest BCUT2D eigenvalue weighted by Gasteiger charge is -2.09. The summed E-state index contributed by atoms with van der Waals surface area (Å²) in [4.78, 5) is 34.4. The van der Waals surface area contributed by atoms with Crippen LogP contribution in [0.3, 0.4) is 0 Å². The van der Waals surface area contributed by atoms with Crippen LogP contribution in [0.2, 0.25) is 0 Å². The maximum atomic E-state index is 11.6. The van der Waals surface area contributed by atoms with Gasteiger partial charge >= 0.3 is 0 Å². The van der Waals surface area contributed by atoms with Crippen LogP contribution in [-0.4, -0.2) is 23.6 Å². The highest BCUT2D eigenvalue weighted by Gasteiger charge is 2.26. The van der Waals surface area contributed by atoms with Crippen molar-refractivity contribution < 1.29 is 14.4 Å². The fourth-order valence-corrected chi connectivity index (χ4v) is 1.72. The fourth-order valence-electron chi connectivity index (χ4n) is 1.58. The number of imide groups is 1. The minimum atomic E-state index is -0.448. The van der Waals surface area contributed by atoms with E-state index < -0.39 is 11.8 Å². The molecule has 94 valence electrons. The molecule has 0 aliphatic carbocycles. The smallest absolute Gasteiger partial charge is 0.259 e. The summed E-state index contributed by atoms with van der Waals surface area (Å²) in [5, 5.41) is 4.83. The van der Waals surface area contributed by atoms with E-state index in [9.17, 15) is 14.4 Å². The molecule has 5 nitrogen and oxygen atoms in total. The van der Waals surface area contributed by atoms with E-state index in [0.29, 0.717) is 11.3 Å². The second kappa shape index (κ2) is 4.78. The largest absolute Gasteiger partial charge is 0.326 e. The second-order valence-electron chi connectivity index (χ2n) is 4.09. The summed E-state index contributed by atoms with van der Waals surface area (Å²) < 4.78 is 0. The molecule has 0 spiro atoms. The van der Waals surface area contributed by atoms with Crippen molar-refractivity contribution in [2.45, 2.75) is 6.92 Å². The molecular weight excluding hydrogens is 256 g/mol. The van der Waals surface area contributed by atoms with E-state index in [1.54, 1.807) is 13.0 Å². The lowest BCUT2D eigenvalue weighted by atomic mass is 10.1. The summed E-state index contributed by atoms with van der Waals surface area (Å²) in [5.74, 6) is -1.20. The average Bonchev–Trinajstić information content (AvgIpc) is 2.63. The first-order valence-electron chi connectivity index (χ1n) is 5.39. The zero-order chi connectivity index (χ0) is 13.3. The number of hydrogen-bond acceptors (Lipinski definition) is 3. The molecule has 1 heterocycles. The summed E-state index contributed by atoms with van der Waals surface area (Å²) in [6, 6.07) is 4.57. The topological polar surface area (TPSA) is 75.3 Å². The molecule has 1 aromatic rings. The third kappa shape index (κ3) is 2.22. The van der Waals surface area contributed by atoms with E-state index in [1.165, 1.54) is 12.1 Å². The summed E-state index contributed by atoms with van der Waals surface area (Å²) in [6.07, 6.45) is 0. The molecule has 0 bridgehead atoms. The summed E-state index contributed by atoms with van der Waals surface area (Å²) in [5.41, 5.74) is 1.07. The van der Waals surface area contributed by atoms with Gasteiger partial charge in [0.15, 0.2) is 0 Å². The second-order valence-corrected chi connectivity index (χ2v) is 4.40. The van der Waals surface area contributed by atoms with Crippen molar-refractivity contribution >= 4 is 35.0 Å². The molecule has 2 rings (SSSR count). The first-order chi connectivity index (χ1) is 8.52. The molecule has 0 aromatic heterocycles. The van der Waals surface area contributed by atoms with Gasteiger partial charge in [-0.3, -0.25) is 19.7 Å². The number of nitrogens with one attached hydrogen (secondary N) is 2. The van der Waals surface area contributed by atoms with Gasteiger partial charge in [-0.05, 0) is 18.2 Å². The van der Waals surface area contributed by atoms with Crippen LogP contribution in [-0.2, 0) is 4.79 Å². The minimum Gasteiger partial charge on any atom is -0.326 e. The summed E-state index contributed by atoms with van der Waals surface area (Å²) in [7, 11) is 0. The van der Waals surface area contributed by atoms with Crippen LogP contribution in [0.4, 0.5) is 5.69 Å². The molecule has 2 N–H and O–H groups in total. The number of benzene rings is 1. The predicted molar refractivity (Wildman–Crippen MR) is 66.8 cm³/mol. The highest BCUT2D eigenvalue weighted by Crippen LogP contribution is 2.20. The van der Waals surface area contributed by atoms with E-state index in [-0.39, 0.29) is 23.3 Å². The maximum absolute atomic E-state index is 11.6. The van der Waals surface area contributed by atoms with Gasteiger partial charge in [0.1, 0.15) is 0 Å². The quantitative estimate of drug-likeness (QED) is 0.641. The molecule has 1 aliphatic rings. The van der Waals surface area contributed by atoms with Crippen LogP contribution in [0.15, 0.2) is 18.2 Å². The van der Waals surface area contributed by atoms with Crippen LogP contribution in [0, 0.1) is 5.92 Å². The van der Waals surface area contributed by atoms with E-state index >= 15 is 0 Å². The lowest BCUT2D eigenvalue weighted by molar-refractivity contribution is -0.118. The Hall–Kier alpha value is -1.88. The van der Waals surface area contributed by atoms with Crippen molar-refractivity contribution in [3.63, 3.8) is 0 Å². The number of carbonyl (C=O) groups is 3. The molecule has 6 heteroatoms. The zero-order valence-corrected chi connectivity index (χ0v) is 10.4. The first kappa shape index (κ1) is 12.6. The fraction of sp³-hybridized carbons (Fsp3) is 0.250. The first-order valence-corrected chi connectivity index (χ1v) is 5.93. The Balaban J connectivity index is 2.23. The van der Waals surface area contributed by atoms with E-state index in [2.05, 4.69) is 10.6 Å². The third-order valence-corrected chi connectivity index (χ3v) is 3.15. The minimum absolute atomic E-state index is 0.218. The maximum Gasteiger partial charge on any atom is 0.259 e. The van der Waals surface area contributed by atoms with E-state index in [1.807, 2.05) is 0 Å². The van der Waals surface area contributed by atoms with Crippen molar-refractivity contribution in [2.24, 2.45) is 5.92 Å². The number of anilines is 1. The van der Waals surface area contributed by atoms with Gasteiger partial charge in [-0.15, -0.1) is 11.6 Å². The number of alkyl halides is 1. The van der Waals surface area contributed by atoms with Gasteiger partial charge in [0, 0.05) is 17.5 Å². The molecule has 1 aliphatic heterocycles. The number of hydrogen-bond donors (Lipinski definition) is 2. The van der Waals surface area contributed by atoms with Crippen molar-refractivity contribution in [1.29, 1.82) is 0 Å². The van der Waals surface area contributed by atoms with Crippen molar-refractivity contribution in [3.05, 3.63) is 29.3 Å². The summed E-state index contributed by atoms with van der Waals surface area (Å²) >= 11 is 5.58. The normalized spacial score (nSPS) is 15.0. The number of rotatable bonds is 3.